The molecule has 68 heavy (non-hydrogen) atoms. The van der Waals surface area contributed by atoms with Crippen LogP contribution in [0.25, 0.3) is 54.3 Å². The highest BCUT2D eigenvalue weighted by Gasteiger charge is 2.32. The van der Waals surface area contributed by atoms with Gasteiger partial charge >= 0.3 is 0 Å². The number of benzene rings is 8. The lowest BCUT2D eigenvalue weighted by atomic mass is 10.0. The Morgan fingerprint density at radius 3 is 0.765 bits per heavy atom. The summed E-state index contributed by atoms with van der Waals surface area (Å²) in [5.41, 5.74) is 13.2. The lowest BCUT2D eigenvalue weighted by Gasteiger charge is -2.27. The molecule has 8 heteroatoms. The molecule has 4 heterocycles. The van der Waals surface area contributed by atoms with Crippen molar-refractivity contribution in [2.24, 2.45) is 0 Å². The van der Waals surface area contributed by atoms with Crippen LogP contribution in [0.5, 0.6) is 23.0 Å². The summed E-state index contributed by atoms with van der Waals surface area (Å²) in [7, 11) is 0. The summed E-state index contributed by atoms with van der Waals surface area (Å²) in [5, 5.41) is 1.95. The molecular weight excluding hydrogens is 877 g/mol. The molecule has 0 amide bonds. The smallest absolute Gasteiger partial charge is 0.197 e. The Kier molecular flexibility index (Phi) is 11.2. The fourth-order valence-electron chi connectivity index (χ4n) is 8.96. The maximum atomic E-state index is 6.47. The van der Waals surface area contributed by atoms with Crippen molar-refractivity contribution in [3.8, 4) is 77.3 Å². The van der Waals surface area contributed by atoms with Crippen molar-refractivity contribution < 1.29 is 18.9 Å². The minimum Gasteiger partial charge on any atom is -0.485 e. The second-order valence-corrected chi connectivity index (χ2v) is 18.5. The molecule has 0 saturated heterocycles. The van der Waals surface area contributed by atoms with Gasteiger partial charge in [-0.15, -0.1) is 22.7 Å². The molecule has 2 aromatic heterocycles. The van der Waals surface area contributed by atoms with Crippen LogP contribution in [0.1, 0.15) is 0 Å². The Hall–Kier alpha value is -8.04. The van der Waals surface area contributed by atoms with Gasteiger partial charge in [-0.2, -0.15) is 0 Å². The van der Waals surface area contributed by atoms with Crippen molar-refractivity contribution in [1.29, 1.82) is 0 Å². The summed E-state index contributed by atoms with van der Waals surface area (Å²) in [6.45, 7) is 1.99. The fourth-order valence-corrected chi connectivity index (χ4v) is 11.4. The van der Waals surface area contributed by atoms with Crippen molar-refractivity contribution in [2.45, 2.75) is 0 Å². The molecule has 0 spiro atoms. The quantitative estimate of drug-likeness (QED) is 0.129. The minimum atomic E-state index is 0.487. The molecule has 2 aliphatic rings. The largest absolute Gasteiger partial charge is 0.485 e. The molecule has 12 rings (SSSR count). The monoisotopic (exact) mass is 920 g/mol. The first-order valence-electron chi connectivity index (χ1n) is 22.8. The highest BCUT2D eigenvalue weighted by molar-refractivity contribution is 7.21. The zero-order chi connectivity index (χ0) is 45.2. The second kappa shape index (κ2) is 18.3. The molecule has 330 valence electrons. The van der Waals surface area contributed by atoms with E-state index in [0.717, 1.165) is 98.9 Å². The normalized spacial score (nSPS) is 12.6. The number of fused-ring (bicyclic) bond motifs is 2. The van der Waals surface area contributed by atoms with E-state index in [0.29, 0.717) is 26.4 Å². The van der Waals surface area contributed by atoms with E-state index >= 15 is 0 Å². The average molecular weight is 921 g/mol. The predicted octanol–water partition coefficient (Wildman–Crippen LogP) is 16.6. The second-order valence-electron chi connectivity index (χ2n) is 16.5. The third-order valence-electron chi connectivity index (χ3n) is 12.3. The van der Waals surface area contributed by atoms with Gasteiger partial charge in [-0.05, 0) is 93.0 Å². The Bertz CT molecular complexity index is 3080. The molecule has 0 bridgehead atoms. The third kappa shape index (κ3) is 7.93. The molecule has 0 radical (unpaired) electrons. The van der Waals surface area contributed by atoms with E-state index in [2.05, 4.69) is 204 Å². The number of rotatable bonds is 11. The standard InChI is InChI=1S/C60H44N2O4S2/c1-5-13-41(14-6-1)43-21-29-49(30-22-43)61(59-55-53(63-37-39-65-55)57(67-59)47-17-9-3-10-18-47)51-33-25-45(26-34-51)46-27-35-52(36-28-46)62(50-31-23-44(24-32-50)42-15-7-2-8-16-42)60-56-54(64-38-40-66-56)58(68-60)48-19-11-4-12-20-48/h1-36H,37-40H2. The van der Waals surface area contributed by atoms with Gasteiger partial charge in [-0.25, -0.2) is 0 Å². The van der Waals surface area contributed by atoms with E-state index in [1.54, 1.807) is 22.7 Å². The van der Waals surface area contributed by atoms with Crippen LogP contribution in [0.15, 0.2) is 218 Å². The number of nitrogens with zero attached hydrogens (tertiary/aromatic N) is 2. The van der Waals surface area contributed by atoms with Gasteiger partial charge in [0.15, 0.2) is 23.0 Å². The van der Waals surface area contributed by atoms with Crippen molar-refractivity contribution in [1.82, 2.24) is 0 Å². The van der Waals surface area contributed by atoms with E-state index in [4.69, 9.17) is 18.9 Å². The molecule has 10 aromatic rings. The van der Waals surface area contributed by atoms with Crippen LogP contribution in [0.2, 0.25) is 0 Å². The molecule has 6 nitrogen and oxygen atoms in total. The van der Waals surface area contributed by atoms with Crippen LogP contribution < -0.4 is 28.7 Å². The summed E-state index contributed by atoms with van der Waals surface area (Å²) in [4.78, 5) is 6.70. The van der Waals surface area contributed by atoms with E-state index < -0.39 is 0 Å². The maximum Gasteiger partial charge on any atom is 0.197 e. The molecule has 0 saturated carbocycles. The predicted molar refractivity (Wildman–Crippen MR) is 281 cm³/mol. The fraction of sp³-hybridized carbons (Fsp3) is 0.0667. The van der Waals surface area contributed by atoms with Crippen molar-refractivity contribution in [2.75, 3.05) is 36.2 Å². The Balaban J connectivity index is 0.916. The van der Waals surface area contributed by atoms with Crippen LogP contribution in [0.3, 0.4) is 0 Å². The molecule has 0 N–H and O–H groups in total. The lowest BCUT2D eigenvalue weighted by Crippen LogP contribution is -2.17. The summed E-state index contributed by atoms with van der Waals surface area (Å²) in [5.74, 6) is 3.13. The van der Waals surface area contributed by atoms with Crippen molar-refractivity contribution in [3.05, 3.63) is 218 Å². The summed E-state index contributed by atoms with van der Waals surface area (Å²) in [6, 6.07) is 77.0. The first-order chi connectivity index (χ1) is 33.7. The van der Waals surface area contributed by atoms with E-state index in [9.17, 15) is 0 Å². The lowest BCUT2D eigenvalue weighted by molar-refractivity contribution is 0.175. The topological polar surface area (TPSA) is 43.4 Å². The number of anilines is 6. The van der Waals surface area contributed by atoms with Crippen LogP contribution in [0, 0.1) is 0 Å². The molecule has 0 fully saturated rings. The maximum absolute atomic E-state index is 6.47. The van der Waals surface area contributed by atoms with E-state index in [1.165, 1.54) is 11.1 Å². The number of thiophene rings is 2. The number of ether oxygens (including phenoxy) is 4. The number of hydrogen-bond acceptors (Lipinski definition) is 8. The Morgan fingerprint density at radius 2 is 0.485 bits per heavy atom. The van der Waals surface area contributed by atoms with Gasteiger partial charge in [0.05, 0.1) is 9.75 Å². The summed E-state index contributed by atoms with van der Waals surface area (Å²) >= 11 is 3.38. The van der Waals surface area contributed by atoms with Gasteiger partial charge in [-0.3, -0.25) is 9.80 Å². The summed E-state index contributed by atoms with van der Waals surface area (Å²) in [6.07, 6.45) is 0. The zero-order valence-corrected chi connectivity index (χ0v) is 38.6. The average Bonchev–Trinajstić information content (AvgIpc) is 4.00. The van der Waals surface area contributed by atoms with Crippen LogP contribution in [-0.4, -0.2) is 26.4 Å². The molecular formula is C60H44N2O4S2. The Labute approximate surface area is 404 Å². The highest BCUT2D eigenvalue weighted by atomic mass is 32.1. The molecule has 0 atom stereocenters. The SMILES string of the molecule is c1ccc(-c2ccc(N(c3ccc(-c4ccc(N(c5ccc(-c6ccccc6)cc5)c5sc(-c6ccccc6)c6c5OCCO6)cc4)cc3)c3sc(-c4ccccc4)c4c3OCCO4)cc2)cc1. The van der Waals surface area contributed by atoms with Gasteiger partial charge in [0.1, 0.15) is 36.4 Å². The van der Waals surface area contributed by atoms with Gasteiger partial charge in [-0.1, -0.05) is 170 Å². The van der Waals surface area contributed by atoms with Gasteiger partial charge < -0.3 is 18.9 Å². The van der Waals surface area contributed by atoms with Gasteiger partial charge in [0, 0.05) is 22.7 Å². The first-order valence-corrected chi connectivity index (χ1v) is 24.4. The first kappa shape index (κ1) is 41.4. The Morgan fingerprint density at radius 1 is 0.250 bits per heavy atom. The third-order valence-corrected chi connectivity index (χ3v) is 14.7. The van der Waals surface area contributed by atoms with Crippen LogP contribution >= 0.6 is 22.7 Å². The molecule has 0 unspecified atom stereocenters. The van der Waals surface area contributed by atoms with Crippen molar-refractivity contribution in [3.63, 3.8) is 0 Å². The molecule has 0 aliphatic carbocycles. The van der Waals surface area contributed by atoms with Gasteiger partial charge in [0.25, 0.3) is 0 Å². The van der Waals surface area contributed by atoms with Crippen LogP contribution in [-0.2, 0) is 0 Å². The molecule has 2 aliphatic heterocycles. The van der Waals surface area contributed by atoms with E-state index in [-0.39, 0.29) is 0 Å². The van der Waals surface area contributed by atoms with Gasteiger partial charge in [0.2, 0.25) is 0 Å². The minimum absolute atomic E-state index is 0.487. The van der Waals surface area contributed by atoms with E-state index in [1.807, 2.05) is 24.3 Å². The number of hydrogen-bond donors (Lipinski definition) is 0. The summed E-state index contributed by atoms with van der Waals surface area (Å²) < 4.78 is 25.7. The van der Waals surface area contributed by atoms with Crippen LogP contribution in [0.4, 0.5) is 32.8 Å². The van der Waals surface area contributed by atoms with Crippen molar-refractivity contribution >= 4 is 55.4 Å². The zero-order valence-electron chi connectivity index (χ0n) is 37.0. The molecule has 8 aromatic carbocycles. The highest BCUT2D eigenvalue weighted by Crippen LogP contribution is 2.58.